The molecule has 15 nitrogen and oxygen atoms in total. The fourth-order valence-electron chi connectivity index (χ4n) is 6.03. The van der Waals surface area contributed by atoms with Crippen molar-refractivity contribution in [1.82, 2.24) is 15.0 Å². The fraction of sp³-hybridized carbons (Fsp3) is 0.516. The number of rotatable bonds is 9. The van der Waals surface area contributed by atoms with E-state index in [2.05, 4.69) is 25.6 Å². The number of hydrogen-bond donors (Lipinski definition) is 2. The van der Waals surface area contributed by atoms with Gasteiger partial charge in [-0.25, -0.2) is 0 Å². The zero-order chi connectivity index (χ0) is 31.5. The van der Waals surface area contributed by atoms with Crippen molar-refractivity contribution in [3.8, 4) is 29.0 Å². The van der Waals surface area contributed by atoms with Gasteiger partial charge in [-0.1, -0.05) is 12.1 Å². The van der Waals surface area contributed by atoms with Crippen LogP contribution in [0.1, 0.15) is 38.8 Å². The van der Waals surface area contributed by atoms with Crippen LogP contribution in [0, 0.1) is 0 Å². The van der Waals surface area contributed by atoms with Crippen LogP contribution in [0.4, 0.5) is 11.9 Å². The lowest BCUT2D eigenvalue weighted by Gasteiger charge is -2.36. The molecule has 5 aliphatic heterocycles. The highest BCUT2D eigenvalue weighted by Gasteiger charge is 2.60. The van der Waals surface area contributed by atoms with Crippen molar-refractivity contribution in [1.29, 1.82) is 0 Å². The monoisotopic (exact) mass is 637 g/mol. The van der Waals surface area contributed by atoms with Crippen molar-refractivity contribution in [2.24, 2.45) is 0 Å². The van der Waals surface area contributed by atoms with E-state index in [1.807, 2.05) is 64.1 Å². The Morgan fingerprint density at radius 2 is 1.22 bits per heavy atom. The van der Waals surface area contributed by atoms with Crippen LogP contribution in [0.25, 0.3) is 0 Å². The molecule has 3 fully saturated rings. The minimum Gasteiger partial charge on any atom is -0.460 e. The van der Waals surface area contributed by atoms with Crippen molar-refractivity contribution < 1.29 is 47.4 Å². The number of nitrogens with one attached hydrogen (secondary N) is 2. The van der Waals surface area contributed by atoms with E-state index in [9.17, 15) is 0 Å². The minimum atomic E-state index is -0.827. The molecule has 0 aliphatic carbocycles. The fourth-order valence-corrected chi connectivity index (χ4v) is 6.03. The summed E-state index contributed by atoms with van der Waals surface area (Å²) in [5.74, 6) is 1.80. The van der Waals surface area contributed by atoms with Gasteiger partial charge < -0.3 is 58.0 Å². The molecule has 0 bridgehead atoms. The lowest BCUT2D eigenvalue weighted by molar-refractivity contribution is -0.238. The smallest absolute Gasteiger partial charge is 0.323 e. The van der Waals surface area contributed by atoms with Gasteiger partial charge in [0.15, 0.2) is 40.9 Å². The second-order valence-electron chi connectivity index (χ2n) is 12.4. The van der Waals surface area contributed by atoms with E-state index in [0.29, 0.717) is 48.0 Å². The van der Waals surface area contributed by atoms with Gasteiger partial charge in [0.25, 0.3) is 0 Å². The van der Waals surface area contributed by atoms with Gasteiger partial charge in [0.2, 0.25) is 25.5 Å². The van der Waals surface area contributed by atoms with Crippen LogP contribution in [0.3, 0.4) is 0 Å². The Morgan fingerprint density at radius 1 is 0.674 bits per heavy atom. The first-order valence-corrected chi connectivity index (χ1v) is 15.2. The maximum Gasteiger partial charge on any atom is 0.323 e. The number of anilines is 2. The van der Waals surface area contributed by atoms with Gasteiger partial charge in [0.1, 0.15) is 31.0 Å². The Hall–Kier alpha value is -4.15. The SMILES string of the molecule is CC1(C)O[C@H]2[C@@H](O1)[C@@H](COc1nc(NCc3ccc4c(c3)OCO4)nc(NCc3ccc4c(c3)OCO4)n1)O[C@@H]1OC(C)(C)O[C@@H]12. The molecule has 244 valence electrons. The van der Waals surface area contributed by atoms with Crippen molar-refractivity contribution in [2.45, 2.75) is 83.1 Å². The number of fused-ring (bicyclic) bond motifs is 5. The molecular weight excluding hydrogens is 602 g/mol. The molecule has 5 atom stereocenters. The Balaban J connectivity index is 1.00. The summed E-state index contributed by atoms with van der Waals surface area (Å²) in [6, 6.07) is 11.6. The van der Waals surface area contributed by atoms with Crippen molar-refractivity contribution in [3.63, 3.8) is 0 Å². The van der Waals surface area contributed by atoms with Crippen molar-refractivity contribution in [2.75, 3.05) is 30.8 Å². The number of ether oxygens (including phenoxy) is 10. The molecular formula is C31H35N5O10. The van der Waals surface area contributed by atoms with E-state index >= 15 is 0 Å². The van der Waals surface area contributed by atoms with Gasteiger partial charge in [-0.05, 0) is 63.1 Å². The summed E-state index contributed by atoms with van der Waals surface area (Å²) in [7, 11) is 0. The Bertz CT molecular complexity index is 1540. The molecule has 2 N–H and O–H groups in total. The molecule has 0 unspecified atom stereocenters. The Labute approximate surface area is 264 Å². The third-order valence-corrected chi connectivity index (χ3v) is 8.02. The molecule has 2 aromatic carbocycles. The molecule has 0 radical (unpaired) electrons. The van der Waals surface area contributed by atoms with Crippen LogP contribution in [0.15, 0.2) is 36.4 Å². The highest BCUT2D eigenvalue weighted by atomic mass is 16.9. The van der Waals surface area contributed by atoms with Crippen LogP contribution in [0.2, 0.25) is 0 Å². The third-order valence-electron chi connectivity index (χ3n) is 8.02. The van der Waals surface area contributed by atoms with Crippen LogP contribution < -0.4 is 34.3 Å². The first kappa shape index (κ1) is 29.3. The maximum atomic E-state index is 6.30. The van der Waals surface area contributed by atoms with Gasteiger partial charge >= 0.3 is 6.01 Å². The van der Waals surface area contributed by atoms with E-state index in [1.54, 1.807) is 0 Å². The molecule has 15 heteroatoms. The van der Waals surface area contributed by atoms with E-state index in [0.717, 1.165) is 11.1 Å². The summed E-state index contributed by atoms with van der Waals surface area (Å²) in [4.78, 5) is 13.7. The molecule has 3 aromatic rings. The second-order valence-corrected chi connectivity index (χ2v) is 12.4. The lowest BCUT2D eigenvalue weighted by Crippen LogP contribution is -2.56. The summed E-state index contributed by atoms with van der Waals surface area (Å²) in [5.41, 5.74) is 1.92. The third kappa shape index (κ3) is 5.91. The highest BCUT2D eigenvalue weighted by Crippen LogP contribution is 2.44. The van der Waals surface area contributed by atoms with Gasteiger partial charge in [-0.3, -0.25) is 0 Å². The number of aromatic nitrogens is 3. The molecule has 3 saturated heterocycles. The quantitative estimate of drug-likeness (QED) is 0.352. The number of benzene rings is 2. The minimum absolute atomic E-state index is 0.0703. The molecule has 5 aliphatic rings. The van der Waals surface area contributed by atoms with E-state index in [1.165, 1.54) is 0 Å². The average Bonchev–Trinajstić information content (AvgIpc) is 3.81. The van der Waals surface area contributed by atoms with E-state index in [4.69, 9.17) is 47.4 Å². The Kier molecular flexibility index (Phi) is 7.17. The van der Waals surface area contributed by atoms with Crippen molar-refractivity contribution >= 4 is 11.9 Å². The summed E-state index contributed by atoms with van der Waals surface area (Å²) in [6.45, 7) is 8.75. The molecule has 1 aromatic heterocycles. The normalized spacial score (nSPS) is 27.6. The molecule has 0 amide bonds. The molecule has 46 heavy (non-hydrogen) atoms. The first-order chi connectivity index (χ1) is 22.2. The first-order valence-electron chi connectivity index (χ1n) is 15.2. The van der Waals surface area contributed by atoms with E-state index in [-0.39, 0.29) is 26.2 Å². The number of nitrogens with zero attached hydrogens (tertiary/aromatic N) is 3. The van der Waals surface area contributed by atoms with E-state index < -0.39 is 42.3 Å². The van der Waals surface area contributed by atoms with Crippen LogP contribution in [-0.2, 0) is 36.8 Å². The summed E-state index contributed by atoms with van der Waals surface area (Å²) in [5, 5.41) is 6.52. The molecule has 8 rings (SSSR count). The van der Waals surface area contributed by atoms with Gasteiger partial charge in [0, 0.05) is 13.1 Å². The maximum absolute atomic E-state index is 6.30. The predicted molar refractivity (Wildman–Crippen MR) is 158 cm³/mol. The largest absolute Gasteiger partial charge is 0.460 e. The summed E-state index contributed by atoms with van der Waals surface area (Å²) in [6.07, 6.45) is -2.48. The zero-order valence-electron chi connectivity index (χ0n) is 25.8. The van der Waals surface area contributed by atoms with Crippen LogP contribution in [-0.4, -0.2) is 77.4 Å². The summed E-state index contributed by atoms with van der Waals surface area (Å²) >= 11 is 0. The van der Waals surface area contributed by atoms with Gasteiger partial charge in [0.05, 0.1) is 0 Å². The molecule has 0 saturated carbocycles. The topological polar surface area (TPSA) is 155 Å². The van der Waals surface area contributed by atoms with Crippen LogP contribution >= 0.6 is 0 Å². The molecule has 6 heterocycles. The van der Waals surface area contributed by atoms with Gasteiger partial charge in [-0.15, -0.1) is 0 Å². The second kappa shape index (κ2) is 11.3. The Morgan fingerprint density at radius 3 is 1.85 bits per heavy atom. The lowest BCUT2D eigenvalue weighted by atomic mass is 9.99. The highest BCUT2D eigenvalue weighted by molar-refractivity contribution is 5.47. The van der Waals surface area contributed by atoms with Crippen LogP contribution in [0.5, 0.6) is 29.0 Å². The number of hydrogen-bond acceptors (Lipinski definition) is 15. The summed E-state index contributed by atoms with van der Waals surface area (Å²) < 4.78 is 58.9. The molecule has 0 spiro atoms. The average molecular weight is 638 g/mol. The standard InChI is InChI=1S/C31H35N5O10/c1-30(2)43-23-22(42-26-25(24(23)44-30)45-31(3,4)46-26)13-37-29-35-27(32-11-16-5-7-18-20(9-16)40-14-38-18)34-28(36-29)33-12-17-6-8-19-21(10-17)41-15-39-19/h5-10,22-26H,11-15H2,1-4H3,(H2,32,33,34,35,36)/t22-,23+,24+,25-,26-/m1/s1. The predicted octanol–water partition coefficient (Wildman–Crippen LogP) is 3.33. The van der Waals surface area contributed by atoms with Gasteiger partial charge in [-0.2, -0.15) is 15.0 Å². The zero-order valence-corrected chi connectivity index (χ0v) is 25.8. The van der Waals surface area contributed by atoms with Crippen molar-refractivity contribution in [3.05, 3.63) is 47.5 Å².